The Hall–Kier alpha value is -2.84. The Morgan fingerprint density at radius 2 is 1.76 bits per heavy atom. The largest absolute Gasteiger partial charge is 0.403 e. The fraction of sp³-hybridized carbons (Fsp3) is 0.647. The second-order valence-electron chi connectivity index (χ2n) is 13.2. The molecule has 0 aliphatic carbocycles. The number of aromatic nitrogens is 2. The first-order chi connectivity index (χ1) is 20.3. The zero-order chi connectivity index (χ0) is 30.1. The van der Waals surface area contributed by atoms with Gasteiger partial charge in [0.15, 0.2) is 0 Å². The van der Waals surface area contributed by atoms with Gasteiger partial charge in [0.25, 0.3) is 5.91 Å². The van der Waals surface area contributed by atoms with Crippen molar-refractivity contribution >= 4 is 5.91 Å². The van der Waals surface area contributed by atoms with Crippen LogP contribution >= 0.6 is 0 Å². The second kappa shape index (κ2) is 15.1. The normalized spacial score (nSPS) is 18.5. The van der Waals surface area contributed by atoms with E-state index in [0.717, 1.165) is 25.0 Å². The fourth-order valence-corrected chi connectivity index (χ4v) is 7.06. The third-order valence-electron chi connectivity index (χ3n) is 9.53. The van der Waals surface area contributed by atoms with Crippen molar-refractivity contribution in [2.24, 2.45) is 17.1 Å². The van der Waals surface area contributed by atoms with Gasteiger partial charge in [-0.05, 0) is 87.7 Å². The minimum Gasteiger partial charge on any atom is -0.403 e. The Morgan fingerprint density at radius 1 is 1.07 bits per heavy atom. The lowest BCUT2D eigenvalue weighted by atomic mass is 9.77. The molecule has 0 bridgehead atoms. The zero-order valence-electron chi connectivity index (χ0n) is 26.8. The summed E-state index contributed by atoms with van der Waals surface area (Å²) >= 11 is 0. The molecule has 3 N–H and O–H groups in total. The summed E-state index contributed by atoms with van der Waals surface area (Å²) < 4.78 is 0. The van der Waals surface area contributed by atoms with Gasteiger partial charge >= 0.3 is 0 Å². The van der Waals surface area contributed by atoms with Crippen LogP contribution in [0.3, 0.4) is 0 Å². The highest BCUT2D eigenvalue weighted by Gasteiger charge is 2.41. The number of amides is 1. The smallest absolute Gasteiger partial charge is 0.254 e. The highest BCUT2D eigenvalue weighted by molar-refractivity contribution is 5.94. The second-order valence-corrected chi connectivity index (χ2v) is 13.2. The van der Waals surface area contributed by atoms with Gasteiger partial charge in [0.1, 0.15) is 5.82 Å². The molecule has 1 aromatic heterocycles. The highest BCUT2D eigenvalue weighted by atomic mass is 16.2. The summed E-state index contributed by atoms with van der Waals surface area (Å²) in [5.74, 6) is 1.29. The van der Waals surface area contributed by atoms with Gasteiger partial charge in [-0.25, -0.2) is 4.98 Å². The average molecular weight is 578 g/mol. The van der Waals surface area contributed by atoms with Crippen LogP contribution in [0.5, 0.6) is 0 Å². The van der Waals surface area contributed by atoms with E-state index in [4.69, 9.17) is 5.73 Å². The van der Waals surface area contributed by atoms with Crippen LogP contribution in [0.4, 0.5) is 0 Å². The summed E-state index contributed by atoms with van der Waals surface area (Å²) in [4.78, 5) is 30.8. The maximum atomic E-state index is 13.8. The van der Waals surface area contributed by atoms with Gasteiger partial charge in [0, 0.05) is 68.6 Å². The minimum atomic E-state index is 0.0235. The molecule has 1 spiro atoms. The third-order valence-corrected chi connectivity index (χ3v) is 9.53. The summed E-state index contributed by atoms with van der Waals surface area (Å²) in [7, 11) is 0. The van der Waals surface area contributed by atoms with E-state index in [1.165, 1.54) is 63.8 Å². The number of carbonyl (C=O) groups excluding carboxylic acids is 1. The van der Waals surface area contributed by atoms with Crippen molar-refractivity contribution in [1.29, 1.82) is 0 Å². The predicted molar refractivity (Wildman–Crippen MR) is 172 cm³/mol. The van der Waals surface area contributed by atoms with Crippen molar-refractivity contribution in [2.75, 3.05) is 39.3 Å². The van der Waals surface area contributed by atoms with Gasteiger partial charge in [-0.1, -0.05) is 39.8 Å². The monoisotopic (exact) mass is 577 g/mol. The number of hydrogen-bond donors (Lipinski definition) is 2. The Morgan fingerprint density at radius 3 is 2.36 bits per heavy atom. The first kappa shape index (κ1) is 32.1. The van der Waals surface area contributed by atoms with Gasteiger partial charge < -0.3 is 25.4 Å². The molecule has 8 heteroatoms. The number of carbonyl (C=O) groups is 1. The number of aromatic amines is 1. The van der Waals surface area contributed by atoms with E-state index in [1.54, 1.807) is 18.6 Å². The molecule has 0 radical (unpaired) electrons. The van der Waals surface area contributed by atoms with Crippen LogP contribution in [-0.4, -0.2) is 86.8 Å². The van der Waals surface area contributed by atoms with Crippen LogP contribution in [0.25, 0.3) is 0 Å². The maximum Gasteiger partial charge on any atom is 0.254 e. The number of hydrogen-bond acceptors (Lipinski definition) is 6. The Labute approximate surface area is 254 Å². The molecule has 4 rings (SSSR count). The number of imidazole rings is 1. The third kappa shape index (κ3) is 8.38. The van der Waals surface area contributed by atoms with Crippen LogP contribution in [0, 0.1) is 11.3 Å². The van der Waals surface area contributed by atoms with Crippen LogP contribution in [0.15, 0.2) is 49.1 Å². The number of likely N-dealkylation sites (tertiary alicyclic amines) is 2. The molecule has 232 valence electrons. The van der Waals surface area contributed by atoms with Gasteiger partial charge in [0.2, 0.25) is 0 Å². The number of nitrogens with one attached hydrogen (secondary N) is 1. The Balaban J connectivity index is 1.37. The van der Waals surface area contributed by atoms with E-state index < -0.39 is 0 Å². The van der Waals surface area contributed by atoms with Gasteiger partial charge in [-0.2, -0.15) is 0 Å². The molecule has 1 unspecified atom stereocenters. The lowest BCUT2D eigenvalue weighted by Crippen LogP contribution is -2.45. The average Bonchev–Trinajstić information content (AvgIpc) is 3.64. The summed E-state index contributed by atoms with van der Waals surface area (Å²) in [6, 6.07) is 9.15. The van der Waals surface area contributed by atoms with E-state index >= 15 is 0 Å². The van der Waals surface area contributed by atoms with Gasteiger partial charge in [-0.15, -0.1) is 0 Å². The molecule has 0 saturated carbocycles. The fourth-order valence-electron chi connectivity index (χ4n) is 7.06. The van der Waals surface area contributed by atoms with E-state index in [0.29, 0.717) is 30.0 Å². The molecule has 2 saturated heterocycles. The van der Waals surface area contributed by atoms with Crippen molar-refractivity contribution in [3.05, 3.63) is 66.0 Å². The Kier molecular flexibility index (Phi) is 11.5. The molecule has 3 heterocycles. The zero-order valence-corrected chi connectivity index (χ0v) is 26.8. The first-order valence-corrected chi connectivity index (χ1v) is 16.2. The molecule has 2 aromatic rings. The summed E-state index contributed by atoms with van der Waals surface area (Å²) in [6.45, 7) is 18.9. The van der Waals surface area contributed by atoms with Crippen LogP contribution in [-0.2, 0) is 13.1 Å². The summed E-state index contributed by atoms with van der Waals surface area (Å²) in [6.07, 6.45) is 13.5. The number of piperidine rings is 1. The van der Waals surface area contributed by atoms with E-state index in [2.05, 4.69) is 71.4 Å². The van der Waals surface area contributed by atoms with Crippen molar-refractivity contribution < 1.29 is 4.79 Å². The number of benzene rings is 1. The quantitative estimate of drug-likeness (QED) is 0.317. The first-order valence-electron chi connectivity index (χ1n) is 16.2. The molecule has 2 aliphatic rings. The minimum absolute atomic E-state index is 0.0235. The SMILES string of the molecule is CCC(CC)N1CCC2(CCN(Cc3ccc(C(=O)N(Cc4ncc[nH]4)CC(C)N(/C=C\N)CC(C)C)cc3)C2)CC1. The molecule has 1 atom stereocenters. The lowest BCUT2D eigenvalue weighted by Gasteiger charge is -2.42. The molecular formula is C34H55N7O. The Bertz CT molecular complexity index is 1100. The summed E-state index contributed by atoms with van der Waals surface area (Å²) in [5.41, 5.74) is 8.24. The molecule has 42 heavy (non-hydrogen) atoms. The number of nitrogens with two attached hydrogens (primary N) is 1. The lowest BCUT2D eigenvalue weighted by molar-refractivity contribution is 0.0690. The van der Waals surface area contributed by atoms with Crippen LogP contribution in [0.1, 0.15) is 88.5 Å². The summed E-state index contributed by atoms with van der Waals surface area (Å²) in [5, 5.41) is 0. The molecule has 2 fully saturated rings. The highest BCUT2D eigenvalue weighted by Crippen LogP contribution is 2.41. The standard InChI is InChI=1S/C34H55N7O/c1-6-31(7-2)39-19-13-34(14-20-39)12-18-38(26-34)24-29-8-10-30(11-9-29)33(42)41(25-32-36-16-17-37-32)23-28(5)40(21-15-35)22-27(3)4/h8-11,15-17,21,27-28,31H,6-7,12-14,18-20,22-26,35H2,1-5H3,(H,36,37)/b21-15-. The molecular weight excluding hydrogens is 522 g/mol. The van der Waals surface area contributed by atoms with E-state index in [9.17, 15) is 4.79 Å². The van der Waals surface area contributed by atoms with Crippen molar-refractivity contribution in [3.8, 4) is 0 Å². The van der Waals surface area contributed by atoms with Gasteiger partial charge in [0.05, 0.1) is 6.54 Å². The van der Waals surface area contributed by atoms with E-state index in [-0.39, 0.29) is 11.9 Å². The molecule has 1 aromatic carbocycles. The van der Waals surface area contributed by atoms with E-state index in [1.807, 2.05) is 23.2 Å². The van der Waals surface area contributed by atoms with Crippen LogP contribution < -0.4 is 5.73 Å². The predicted octanol–water partition coefficient (Wildman–Crippen LogP) is 5.31. The number of H-pyrrole nitrogens is 1. The molecule has 2 aliphatic heterocycles. The molecule has 8 nitrogen and oxygen atoms in total. The number of rotatable bonds is 14. The van der Waals surface area contributed by atoms with Crippen molar-refractivity contribution in [3.63, 3.8) is 0 Å². The van der Waals surface area contributed by atoms with Gasteiger partial charge in [-0.3, -0.25) is 9.69 Å². The maximum absolute atomic E-state index is 13.8. The number of nitrogens with zero attached hydrogens (tertiary/aromatic N) is 5. The van der Waals surface area contributed by atoms with Crippen molar-refractivity contribution in [1.82, 2.24) is 29.6 Å². The topological polar surface area (TPSA) is 84.7 Å². The van der Waals surface area contributed by atoms with Crippen LogP contribution in [0.2, 0.25) is 0 Å². The van der Waals surface area contributed by atoms with Crippen molar-refractivity contribution in [2.45, 2.75) is 91.9 Å². The molecule has 1 amide bonds.